The van der Waals surface area contributed by atoms with E-state index in [1.807, 2.05) is 24.3 Å². The van der Waals surface area contributed by atoms with E-state index in [9.17, 15) is 32.3 Å². The maximum absolute atomic E-state index is 14.2. The second-order valence-corrected chi connectivity index (χ2v) is 10.5. The Morgan fingerprint density at radius 2 is 1.67 bits per heavy atom. The third-order valence-electron chi connectivity index (χ3n) is 7.78. The largest absolute Gasteiger partial charge is 0.507 e. The van der Waals surface area contributed by atoms with Gasteiger partial charge < -0.3 is 20.2 Å². The van der Waals surface area contributed by atoms with Crippen LogP contribution in [0.5, 0.6) is 5.75 Å². The number of alkyl halides is 4. The first kappa shape index (κ1) is 29.2. The van der Waals surface area contributed by atoms with Crippen molar-refractivity contribution in [2.45, 2.75) is 12.6 Å². The predicted molar refractivity (Wildman–Crippen MR) is 147 cm³/mol. The molecule has 0 radical (unpaired) electrons. The molecule has 0 spiro atoms. The summed E-state index contributed by atoms with van der Waals surface area (Å²) in [5.41, 5.74) is -1.06. The van der Waals surface area contributed by atoms with Crippen LogP contribution in [0.2, 0.25) is 0 Å². The van der Waals surface area contributed by atoms with Crippen molar-refractivity contribution in [1.29, 1.82) is 0 Å². The Labute approximate surface area is 239 Å². The summed E-state index contributed by atoms with van der Waals surface area (Å²) < 4.78 is 53.6. The van der Waals surface area contributed by atoms with Gasteiger partial charge in [0.25, 0.3) is 0 Å². The first-order chi connectivity index (χ1) is 20.1. The first-order valence-electron chi connectivity index (χ1n) is 13.5. The third kappa shape index (κ3) is 6.30. The number of piperazine rings is 1. The molecule has 222 valence electrons. The average molecular weight is 587 g/mol. The van der Waals surface area contributed by atoms with Crippen LogP contribution in [0.3, 0.4) is 0 Å². The number of carbonyl (C=O) groups excluding carboxylic acids is 2. The summed E-state index contributed by atoms with van der Waals surface area (Å²) in [5, 5.41) is 11.9. The number of hydrogen-bond acceptors (Lipinski definition) is 7. The number of amides is 2. The molecule has 42 heavy (non-hydrogen) atoms. The minimum atomic E-state index is -4.82. The number of phenols is 1. The number of likely N-dealkylation sites (tertiary alicyclic amines) is 1. The third-order valence-corrected chi connectivity index (χ3v) is 7.78. The van der Waals surface area contributed by atoms with Crippen molar-refractivity contribution < 1.29 is 32.3 Å². The Bertz CT molecular complexity index is 1420. The normalized spacial score (nSPS) is 19.6. The minimum Gasteiger partial charge on any atom is -0.507 e. The van der Waals surface area contributed by atoms with Crippen LogP contribution in [0.25, 0.3) is 11.4 Å². The van der Waals surface area contributed by atoms with E-state index in [0.717, 1.165) is 23.4 Å². The number of phenolic OH excluding ortho intramolecular Hbond substituents is 1. The summed E-state index contributed by atoms with van der Waals surface area (Å²) >= 11 is 0. The number of rotatable bonds is 7. The van der Waals surface area contributed by atoms with E-state index in [2.05, 4.69) is 20.2 Å². The summed E-state index contributed by atoms with van der Waals surface area (Å²) in [5.74, 6) is -1.22. The number of carbonyl (C=O) groups is 2. The molecule has 2 N–H and O–H groups in total. The molecule has 2 aliphatic heterocycles. The van der Waals surface area contributed by atoms with Gasteiger partial charge in [-0.1, -0.05) is 0 Å². The Morgan fingerprint density at radius 1 is 0.976 bits per heavy atom. The lowest BCUT2D eigenvalue weighted by atomic mass is 9.87. The van der Waals surface area contributed by atoms with Gasteiger partial charge in [0.15, 0.2) is 5.82 Å². The van der Waals surface area contributed by atoms with Crippen molar-refractivity contribution in [2.24, 2.45) is 5.41 Å². The molecule has 2 fully saturated rings. The fourth-order valence-corrected chi connectivity index (χ4v) is 5.33. The Kier molecular flexibility index (Phi) is 8.30. The van der Waals surface area contributed by atoms with Gasteiger partial charge in [0.1, 0.15) is 12.4 Å². The minimum absolute atomic E-state index is 0.0121. The van der Waals surface area contributed by atoms with Crippen molar-refractivity contribution in [3.63, 3.8) is 0 Å². The molecule has 1 unspecified atom stereocenters. The molecule has 0 aliphatic carbocycles. The summed E-state index contributed by atoms with van der Waals surface area (Å²) in [6, 6.07) is 12.2. The highest BCUT2D eigenvalue weighted by molar-refractivity contribution is 5.96. The summed E-state index contributed by atoms with van der Waals surface area (Å²) in [6.45, 7) is 1.53. The molecule has 5 rings (SSSR count). The van der Waals surface area contributed by atoms with Crippen LogP contribution in [-0.4, -0.2) is 89.2 Å². The van der Waals surface area contributed by atoms with Gasteiger partial charge in [-0.3, -0.25) is 14.5 Å². The Morgan fingerprint density at radius 3 is 2.31 bits per heavy atom. The number of aromatic hydroxyl groups is 1. The van der Waals surface area contributed by atoms with Crippen molar-refractivity contribution in [3.05, 3.63) is 66.5 Å². The highest BCUT2D eigenvalue weighted by atomic mass is 19.4. The van der Waals surface area contributed by atoms with E-state index >= 15 is 0 Å². The molecule has 13 heteroatoms. The van der Waals surface area contributed by atoms with Crippen LogP contribution in [0.15, 0.2) is 60.9 Å². The van der Waals surface area contributed by atoms with Gasteiger partial charge in [-0.25, -0.2) is 14.4 Å². The standard InChI is InChI=1S/C29H30F4N6O3/c30-18-28(27(42)36-21-4-7-24(40)23(16-21)29(31,32)33)8-11-37(19-28)17-25(41)39-14-12-38(13-15-39)22-5-2-20(3-6-22)26-34-9-1-10-35-26/h1-7,9-10,16,40H,8,11-15,17-19H2,(H,36,42). The Hall–Kier alpha value is -4.26. The van der Waals surface area contributed by atoms with Crippen LogP contribution in [0, 0.1) is 5.41 Å². The zero-order valence-electron chi connectivity index (χ0n) is 22.6. The van der Waals surface area contributed by atoms with Gasteiger partial charge in [-0.2, -0.15) is 13.2 Å². The number of benzene rings is 2. The van der Waals surface area contributed by atoms with E-state index in [-0.39, 0.29) is 31.1 Å². The number of nitrogens with one attached hydrogen (secondary N) is 1. The number of anilines is 2. The topological polar surface area (TPSA) is 102 Å². The van der Waals surface area contributed by atoms with E-state index in [0.29, 0.717) is 44.6 Å². The molecule has 3 heterocycles. The van der Waals surface area contributed by atoms with Crippen molar-refractivity contribution in [2.75, 3.05) is 62.7 Å². The molecule has 9 nitrogen and oxygen atoms in total. The molecule has 3 aromatic rings. The molecule has 2 aromatic carbocycles. The maximum Gasteiger partial charge on any atom is 0.420 e. The van der Waals surface area contributed by atoms with E-state index in [4.69, 9.17) is 0 Å². The average Bonchev–Trinajstić information content (AvgIpc) is 3.42. The lowest BCUT2D eigenvalue weighted by molar-refractivity contribution is -0.138. The summed E-state index contributed by atoms with van der Waals surface area (Å²) in [4.78, 5) is 40.2. The van der Waals surface area contributed by atoms with Crippen molar-refractivity contribution >= 4 is 23.2 Å². The summed E-state index contributed by atoms with van der Waals surface area (Å²) in [7, 11) is 0. The lowest BCUT2D eigenvalue weighted by Crippen LogP contribution is -2.51. The fourth-order valence-electron chi connectivity index (χ4n) is 5.33. The molecular weight excluding hydrogens is 556 g/mol. The predicted octanol–water partition coefficient (Wildman–Crippen LogP) is 3.82. The molecule has 2 amide bonds. The van der Waals surface area contributed by atoms with Gasteiger partial charge in [0.05, 0.1) is 17.5 Å². The van der Waals surface area contributed by atoms with Gasteiger partial charge in [-0.05, 0) is 61.5 Å². The van der Waals surface area contributed by atoms with Crippen molar-refractivity contribution in [3.8, 4) is 17.1 Å². The maximum atomic E-state index is 14.2. The van der Waals surface area contributed by atoms with Crippen molar-refractivity contribution in [1.82, 2.24) is 19.8 Å². The fraction of sp³-hybridized carbons (Fsp3) is 0.379. The number of aromatic nitrogens is 2. The zero-order chi connectivity index (χ0) is 29.9. The second kappa shape index (κ2) is 11.9. The zero-order valence-corrected chi connectivity index (χ0v) is 22.6. The molecule has 1 aromatic heterocycles. The molecule has 1 atom stereocenters. The summed E-state index contributed by atoms with van der Waals surface area (Å²) in [6.07, 6.45) is -1.32. The van der Waals surface area contributed by atoms with Gasteiger partial charge >= 0.3 is 6.18 Å². The van der Waals surface area contributed by atoms with Crippen LogP contribution in [0.1, 0.15) is 12.0 Å². The quantitative estimate of drug-likeness (QED) is 0.321. The monoisotopic (exact) mass is 586 g/mol. The molecule has 2 saturated heterocycles. The van der Waals surface area contributed by atoms with Crippen LogP contribution < -0.4 is 10.2 Å². The number of halogens is 4. The lowest BCUT2D eigenvalue weighted by Gasteiger charge is -2.37. The Balaban J connectivity index is 1.13. The second-order valence-electron chi connectivity index (χ2n) is 10.5. The van der Waals surface area contributed by atoms with Crippen LogP contribution in [-0.2, 0) is 15.8 Å². The molecular formula is C29H30F4N6O3. The van der Waals surface area contributed by atoms with Crippen LogP contribution >= 0.6 is 0 Å². The smallest absolute Gasteiger partial charge is 0.420 e. The van der Waals surface area contributed by atoms with E-state index in [1.165, 1.54) is 0 Å². The molecule has 0 saturated carbocycles. The first-order valence-corrected chi connectivity index (χ1v) is 13.5. The van der Waals surface area contributed by atoms with Gasteiger partial charge in [-0.15, -0.1) is 0 Å². The number of hydrogen-bond donors (Lipinski definition) is 2. The molecule has 2 aliphatic rings. The van der Waals surface area contributed by atoms with Crippen LogP contribution in [0.4, 0.5) is 28.9 Å². The van der Waals surface area contributed by atoms with E-state index in [1.54, 1.807) is 28.3 Å². The van der Waals surface area contributed by atoms with E-state index < -0.39 is 35.5 Å². The van der Waals surface area contributed by atoms with Gasteiger partial charge in [0.2, 0.25) is 11.8 Å². The molecule has 0 bridgehead atoms. The highest BCUT2D eigenvalue weighted by Crippen LogP contribution is 2.38. The SMILES string of the molecule is O=C(CN1CCC(CF)(C(=O)Nc2ccc(O)c(C(F)(F)F)c2)C1)N1CCN(c2ccc(-c3ncccn3)cc2)CC1. The van der Waals surface area contributed by atoms with Gasteiger partial charge in [0, 0.05) is 62.1 Å². The highest BCUT2D eigenvalue weighted by Gasteiger charge is 2.46. The number of nitrogens with zero attached hydrogens (tertiary/aromatic N) is 5.